The van der Waals surface area contributed by atoms with Crippen molar-refractivity contribution < 1.29 is 9.18 Å². The van der Waals surface area contributed by atoms with Crippen molar-refractivity contribution >= 4 is 22.6 Å². The van der Waals surface area contributed by atoms with Crippen molar-refractivity contribution in [1.82, 2.24) is 19.8 Å². The first-order valence-electron chi connectivity index (χ1n) is 12.1. The van der Waals surface area contributed by atoms with Gasteiger partial charge in [-0.05, 0) is 48.9 Å². The van der Waals surface area contributed by atoms with Crippen molar-refractivity contribution in [1.29, 1.82) is 0 Å². The van der Waals surface area contributed by atoms with E-state index in [1.54, 1.807) is 6.07 Å². The zero-order valence-corrected chi connectivity index (χ0v) is 19.9. The number of rotatable bonds is 7. The van der Waals surface area contributed by atoms with E-state index in [-0.39, 0.29) is 5.91 Å². The van der Waals surface area contributed by atoms with Crippen LogP contribution in [0.1, 0.15) is 13.3 Å². The summed E-state index contributed by atoms with van der Waals surface area (Å²) in [5, 5.41) is 6.07. The van der Waals surface area contributed by atoms with E-state index in [0.717, 1.165) is 67.8 Å². The molecule has 0 saturated carbocycles. The molecule has 180 valence electrons. The van der Waals surface area contributed by atoms with Crippen LogP contribution < -0.4 is 10.6 Å². The van der Waals surface area contributed by atoms with Crippen LogP contribution in [-0.4, -0.2) is 53.1 Å². The Bertz CT molecular complexity index is 1330. The van der Waals surface area contributed by atoms with Gasteiger partial charge in [-0.3, -0.25) is 4.79 Å². The first kappa shape index (κ1) is 23.2. The normalized spacial score (nSPS) is 14.3. The summed E-state index contributed by atoms with van der Waals surface area (Å²) >= 11 is 0. The van der Waals surface area contributed by atoms with E-state index in [0.29, 0.717) is 16.9 Å². The number of anilines is 1. The molecule has 0 radical (unpaired) electrons. The molecule has 2 N–H and O–H groups in total. The molecule has 7 heteroatoms. The highest BCUT2D eigenvalue weighted by atomic mass is 19.1. The lowest BCUT2D eigenvalue weighted by Gasteiger charge is -2.27. The standard InChI is InChI=1S/C28H30FN5O/c1-20(35)31-24-17-22(16-23(29)18-24)26-8-9-27-28(32-26)25(21-6-3-2-4-7-21)19-34(27)13-5-12-33-14-10-30-11-15-33/h2-4,6-9,16-19,30H,5,10-15H2,1H3,(H,31,35). The molecule has 0 bridgehead atoms. The maximum atomic E-state index is 14.3. The van der Waals surface area contributed by atoms with Crippen LogP contribution in [0.5, 0.6) is 0 Å². The first-order valence-corrected chi connectivity index (χ1v) is 12.1. The molecule has 1 aliphatic heterocycles. The minimum Gasteiger partial charge on any atom is -0.345 e. The second kappa shape index (κ2) is 10.4. The maximum Gasteiger partial charge on any atom is 0.221 e. The number of hydrogen-bond acceptors (Lipinski definition) is 4. The Labute approximate surface area is 204 Å². The largest absolute Gasteiger partial charge is 0.345 e. The van der Waals surface area contributed by atoms with Gasteiger partial charge in [0.15, 0.2) is 0 Å². The number of piperazine rings is 1. The number of benzene rings is 2. The van der Waals surface area contributed by atoms with E-state index in [4.69, 9.17) is 4.98 Å². The van der Waals surface area contributed by atoms with Crippen LogP contribution in [0.3, 0.4) is 0 Å². The van der Waals surface area contributed by atoms with Crippen LogP contribution in [0, 0.1) is 5.82 Å². The summed E-state index contributed by atoms with van der Waals surface area (Å²) in [6.45, 7) is 7.69. The Hall–Kier alpha value is -3.55. The molecular weight excluding hydrogens is 441 g/mol. The van der Waals surface area contributed by atoms with Gasteiger partial charge in [0.05, 0.1) is 16.7 Å². The number of nitrogens with one attached hydrogen (secondary N) is 2. The van der Waals surface area contributed by atoms with Gasteiger partial charge in [-0.15, -0.1) is 0 Å². The van der Waals surface area contributed by atoms with Crippen LogP contribution >= 0.6 is 0 Å². The Balaban J connectivity index is 1.50. The topological polar surface area (TPSA) is 62.2 Å². The molecule has 1 aliphatic rings. The number of carbonyl (C=O) groups is 1. The number of halogens is 1. The zero-order valence-electron chi connectivity index (χ0n) is 19.9. The molecule has 3 heterocycles. The number of pyridine rings is 1. The summed E-state index contributed by atoms with van der Waals surface area (Å²) in [5.41, 5.74) is 5.82. The Morgan fingerprint density at radius 2 is 1.83 bits per heavy atom. The van der Waals surface area contributed by atoms with Gasteiger partial charge in [0, 0.05) is 62.7 Å². The Morgan fingerprint density at radius 1 is 1.03 bits per heavy atom. The fraction of sp³-hybridized carbons (Fsp3) is 0.286. The fourth-order valence-corrected chi connectivity index (χ4v) is 4.76. The lowest BCUT2D eigenvalue weighted by atomic mass is 10.1. The predicted molar refractivity (Wildman–Crippen MR) is 139 cm³/mol. The van der Waals surface area contributed by atoms with Crippen LogP contribution in [0.4, 0.5) is 10.1 Å². The van der Waals surface area contributed by atoms with Crippen molar-refractivity contribution in [3.8, 4) is 22.4 Å². The summed E-state index contributed by atoms with van der Waals surface area (Å²) in [4.78, 5) is 19.0. The first-order chi connectivity index (χ1) is 17.1. The Kier molecular flexibility index (Phi) is 6.88. The molecule has 2 aromatic heterocycles. The second-order valence-electron chi connectivity index (χ2n) is 9.02. The number of aryl methyl sites for hydroxylation is 1. The maximum absolute atomic E-state index is 14.3. The van der Waals surface area contributed by atoms with E-state index in [9.17, 15) is 9.18 Å². The minimum atomic E-state index is -0.415. The molecule has 5 rings (SSSR count). The van der Waals surface area contributed by atoms with Gasteiger partial charge in [0.2, 0.25) is 5.91 Å². The van der Waals surface area contributed by atoms with E-state index in [1.807, 2.05) is 24.3 Å². The molecule has 4 aromatic rings. The smallest absolute Gasteiger partial charge is 0.221 e. The fourth-order valence-electron chi connectivity index (χ4n) is 4.76. The third-order valence-corrected chi connectivity index (χ3v) is 6.41. The number of amides is 1. The summed E-state index contributed by atoms with van der Waals surface area (Å²) in [6, 6.07) is 18.7. The van der Waals surface area contributed by atoms with Gasteiger partial charge < -0.3 is 20.1 Å². The van der Waals surface area contributed by atoms with Crippen molar-refractivity contribution in [2.24, 2.45) is 0 Å². The van der Waals surface area contributed by atoms with Gasteiger partial charge in [-0.25, -0.2) is 9.37 Å². The average Bonchev–Trinajstić information content (AvgIpc) is 3.22. The molecule has 2 aromatic carbocycles. The monoisotopic (exact) mass is 471 g/mol. The molecule has 1 amide bonds. The summed E-state index contributed by atoms with van der Waals surface area (Å²) in [5.74, 6) is -0.656. The van der Waals surface area contributed by atoms with Crippen LogP contribution in [-0.2, 0) is 11.3 Å². The number of carbonyl (C=O) groups excluding carboxylic acids is 1. The lowest BCUT2D eigenvalue weighted by Crippen LogP contribution is -2.43. The molecule has 0 aliphatic carbocycles. The highest BCUT2D eigenvalue weighted by Crippen LogP contribution is 2.32. The second-order valence-corrected chi connectivity index (χ2v) is 9.02. The molecule has 0 unspecified atom stereocenters. The molecule has 6 nitrogen and oxygen atoms in total. The van der Waals surface area contributed by atoms with Gasteiger partial charge in [-0.2, -0.15) is 0 Å². The third kappa shape index (κ3) is 5.42. The highest BCUT2D eigenvalue weighted by Gasteiger charge is 2.15. The molecule has 1 fully saturated rings. The predicted octanol–water partition coefficient (Wildman–Crippen LogP) is 4.76. The quantitative estimate of drug-likeness (QED) is 0.408. The van der Waals surface area contributed by atoms with E-state index < -0.39 is 5.82 Å². The van der Waals surface area contributed by atoms with Crippen LogP contribution in [0.15, 0.2) is 66.9 Å². The van der Waals surface area contributed by atoms with Crippen LogP contribution in [0.25, 0.3) is 33.4 Å². The summed E-state index contributed by atoms with van der Waals surface area (Å²) < 4.78 is 16.6. The van der Waals surface area contributed by atoms with Gasteiger partial charge in [-0.1, -0.05) is 30.3 Å². The zero-order chi connectivity index (χ0) is 24.2. The van der Waals surface area contributed by atoms with Gasteiger partial charge in [0.1, 0.15) is 5.82 Å². The molecule has 1 saturated heterocycles. The van der Waals surface area contributed by atoms with Gasteiger partial charge >= 0.3 is 0 Å². The van der Waals surface area contributed by atoms with E-state index >= 15 is 0 Å². The van der Waals surface area contributed by atoms with Crippen molar-refractivity contribution in [2.75, 3.05) is 38.0 Å². The molecule has 0 atom stereocenters. The van der Waals surface area contributed by atoms with Crippen LogP contribution in [0.2, 0.25) is 0 Å². The van der Waals surface area contributed by atoms with Crippen molar-refractivity contribution in [2.45, 2.75) is 19.9 Å². The summed E-state index contributed by atoms with van der Waals surface area (Å²) in [6.07, 6.45) is 3.24. The molecule has 35 heavy (non-hydrogen) atoms. The number of aromatic nitrogens is 2. The number of hydrogen-bond donors (Lipinski definition) is 2. The van der Waals surface area contributed by atoms with E-state index in [1.165, 1.54) is 19.1 Å². The van der Waals surface area contributed by atoms with Crippen molar-refractivity contribution in [3.63, 3.8) is 0 Å². The summed E-state index contributed by atoms with van der Waals surface area (Å²) in [7, 11) is 0. The van der Waals surface area contributed by atoms with Crippen molar-refractivity contribution in [3.05, 3.63) is 72.7 Å². The molecule has 0 spiro atoms. The lowest BCUT2D eigenvalue weighted by molar-refractivity contribution is -0.114. The average molecular weight is 472 g/mol. The third-order valence-electron chi connectivity index (χ3n) is 6.41. The molecular formula is C28H30FN5O. The van der Waals surface area contributed by atoms with E-state index in [2.05, 4.69) is 44.5 Å². The highest BCUT2D eigenvalue weighted by molar-refractivity contribution is 5.94. The number of nitrogens with zero attached hydrogens (tertiary/aromatic N) is 3. The number of fused-ring (bicyclic) bond motifs is 1. The SMILES string of the molecule is CC(=O)Nc1cc(F)cc(-c2ccc3c(n2)c(-c2ccccc2)cn3CCCN2CCNCC2)c1. The van der Waals surface area contributed by atoms with Gasteiger partial charge in [0.25, 0.3) is 0 Å². The Morgan fingerprint density at radius 3 is 2.60 bits per heavy atom. The minimum absolute atomic E-state index is 0.241.